The maximum atomic E-state index is 11.8. The fourth-order valence-electron chi connectivity index (χ4n) is 6.93. The zero-order valence-electron chi connectivity index (χ0n) is 15.2. The van der Waals surface area contributed by atoms with E-state index < -0.39 is 0 Å². The molecule has 4 rings (SSSR count). The maximum Gasteiger partial charge on any atom is 0.302 e. The number of carbonyl (C=O) groups excluding carboxylic acids is 2. The fraction of sp³-hybridized carbons (Fsp3) is 0.810. The number of rotatable bonds is 1. The molecular formula is C21H30O3. The minimum atomic E-state index is -0.129. The van der Waals surface area contributed by atoms with E-state index in [0.717, 1.165) is 31.1 Å². The van der Waals surface area contributed by atoms with Crippen LogP contribution in [0.4, 0.5) is 0 Å². The van der Waals surface area contributed by atoms with E-state index in [1.165, 1.54) is 31.3 Å². The quantitative estimate of drug-likeness (QED) is 0.673. The van der Waals surface area contributed by atoms with Gasteiger partial charge in [-0.1, -0.05) is 19.4 Å². The third-order valence-corrected chi connectivity index (χ3v) is 7.82. The summed E-state index contributed by atoms with van der Waals surface area (Å²) >= 11 is 0. The topological polar surface area (TPSA) is 43.4 Å². The molecule has 0 aromatic heterocycles. The highest BCUT2D eigenvalue weighted by Crippen LogP contribution is 2.63. The van der Waals surface area contributed by atoms with Gasteiger partial charge in [-0.25, -0.2) is 0 Å². The summed E-state index contributed by atoms with van der Waals surface area (Å²) in [6.07, 6.45) is 9.79. The van der Waals surface area contributed by atoms with Gasteiger partial charge in [-0.3, -0.25) is 9.59 Å². The molecule has 7 atom stereocenters. The lowest BCUT2D eigenvalue weighted by Crippen LogP contribution is -2.48. The lowest BCUT2D eigenvalue weighted by atomic mass is 9.52. The van der Waals surface area contributed by atoms with Gasteiger partial charge in [0.25, 0.3) is 0 Å². The second-order valence-corrected chi connectivity index (χ2v) is 9.09. The van der Waals surface area contributed by atoms with Crippen molar-refractivity contribution in [2.24, 2.45) is 35.0 Å². The van der Waals surface area contributed by atoms with Crippen LogP contribution in [0.2, 0.25) is 0 Å². The van der Waals surface area contributed by atoms with E-state index in [2.05, 4.69) is 13.8 Å². The molecule has 132 valence electrons. The second kappa shape index (κ2) is 5.71. The van der Waals surface area contributed by atoms with Gasteiger partial charge in [-0.15, -0.1) is 0 Å². The van der Waals surface area contributed by atoms with Crippen LogP contribution in [0.25, 0.3) is 0 Å². The van der Waals surface area contributed by atoms with Crippen molar-refractivity contribution in [3.8, 4) is 0 Å². The van der Waals surface area contributed by atoms with Crippen LogP contribution >= 0.6 is 0 Å². The van der Waals surface area contributed by atoms with Crippen molar-refractivity contribution in [2.45, 2.75) is 71.8 Å². The Morgan fingerprint density at radius 2 is 2.00 bits per heavy atom. The van der Waals surface area contributed by atoms with Gasteiger partial charge in [-0.2, -0.15) is 0 Å². The first kappa shape index (κ1) is 16.4. The predicted molar refractivity (Wildman–Crippen MR) is 92.2 cm³/mol. The van der Waals surface area contributed by atoms with Crippen LogP contribution < -0.4 is 0 Å². The lowest BCUT2D eigenvalue weighted by molar-refractivity contribution is -0.158. The molecule has 4 aliphatic rings. The first-order chi connectivity index (χ1) is 11.4. The first-order valence-corrected chi connectivity index (χ1v) is 9.80. The minimum Gasteiger partial charge on any atom is -0.462 e. The van der Waals surface area contributed by atoms with Crippen LogP contribution in [-0.4, -0.2) is 17.9 Å². The third-order valence-electron chi connectivity index (χ3n) is 7.82. The number of fused-ring (bicyclic) bond motifs is 5. The Hall–Kier alpha value is -1.12. The molecule has 0 N–H and O–H groups in total. The highest BCUT2D eigenvalue weighted by atomic mass is 16.5. The Labute approximate surface area is 145 Å². The Morgan fingerprint density at radius 3 is 2.75 bits per heavy atom. The zero-order valence-corrected chi connectivity index (χ0v) is 15.2. The van der Waals surface area contributed by atoms with Crippen molar-refractivity contribution < 1.29 is 14.3 Å². The minimum absolute atomic E-state index is 0.0887. The molecule has 0 heterocycles. The number of hydrogen-bond donors (Lipinski definition) is 0. The number of esters is 1. The molecule has 0 aliphatic heterocycles. The molecule has 0 bridgehead atoms. The second-order valence-electron chi connectivity index (χ2n) is 9.09. The summed E-state index contributed by atoms with van der Waals surface area (Å²) in [5.41, 5.74) is 1.59. The predicted octanol–water partition coefficient (Wildman–Crippen LogP) is 4.31. The largest absolute Gasteiger partial charge is 0.462 e. The van der Waals surface area contributed by atoms with Gasteiger partial charge in [0.15, 0.2) is 5.78 Å². The van der Waals surface area contributed by atoms with Crippen molar-refractivity contribution in [1.82, 2.24) is 0 Å². The molecule has 0 aromatic rings. The average molecular weight is 330 g/mol. The van der Waals surface area contributed by atoms with Crippen LogP contribution in [-0.2, 0) is 14.3 Å². The lowest BCUT2D eigenvalue weighted by Gasteiger charge is -2.53. The number of hydrogen-bond acceptors (Lipinski definition) is 3. The van der Waals surface area contributed by atoms with Gasteiger partial charge in [0.2, 0.25) is 0 Å². The maximum absolute atomic E-state index is 11.8. The fourth-order valence-corrected chi connectivity index (χ4v) is 6.93. The van der Waals surface area contributed by atoms with E-state index in [1.807, 2.05) is 6.08 Å². The van der Waals surface area contributed by atoms with Crippen LogP contribution in [0.15, 0.2) is 11.6 Å². The molecule has 3 fully saturated rings. The third kappa shape index (κ3) is 2.38. The standard InChI is InChI=1S/C21H30O3/c1-12-10-19-18-6-4-14-11-15(23)5-7-16(14)17(18)8-9-21(19,3)20(12)24-13(2)22/h11-12,16-20H,4-10H2,1-3H3/t12-,16?,17-,18-,19+,20+,21+/m1/s1. The van der Waals surface area contributed by atoms with Crippen molar-refractivity contribution in [1.29, 1.82) is 0 Å². The van der Waals surface area contributed by atoms with E-state index in [4.69, 9.17) is 4.74 Å². The molecule has 0 spiro atoms. The summed E-state index contributed by atoms with van der Waals surface area (Å²) in [6, 6.07) is 0. The first-order valence-electron chi connectivity index (χ1n) is 9.80. The van der Waals surface area contributed by atoms with Crippen molar-refractivity contribution in [2.75, 3.05) is 0 Å². The van der Waals surface area contributed by atoms with E-state index in [1.54, 1.807) is 6.92 Å². The summed E-state index contributed by atoms with van der Waals surface area (Å²) in [5, 5.41) is 0. The van der Waals surface area contributed by atoms with Crippen molar-refractivity contribution >= 4 is 11.8 Å². The van der Waals surface area contributed by atoms with Crippen LogP contribution in [0, 0.1) is 35.0 Å². The molecule has 4 aliphatic carbocycles. The van der Waals surface area contributed by atoms with Gasteiger partial charge >= 0.3 is 5.97 Å². The molecule has 1 unspecified atom stereocenters. The van der Waals surface area contributed by atoms with Crippen molar-refractivity contribution in [3.05, 3.63) is 11.6 Å². The number of ketones is 1. The van der Waals surface area contributed by atoms with E-state index >= 15 is 0 Å². The molecule has 3 heteroatoms. The highest BCUT2D eigenvalue weighted by Gasteiger charge is 2.59. The molecule has 0 saturated heterocycles. The Bertz CT molecular complexity index is 592. The summed E-state index contributed by atoms with van der Waals surface area (Å²) in [4.78, 5) is 23.4. The highest BCUT2D eigenvalue weighted by molar-refractivity contribution is 5.91. The Balaban J connectivity index is 1.60. The Morgan fingerprint density at radius 1 is 1.21 bits per heavy atom. The van der Waals surface area contributed by atoms with Gasteiger partial charge < -0.3 is 4.74 Å². The van der Waals surface area contributed by atoms with Gasteiger partial charge in [-0.05, 0) is 74.2 Å². The van der Waals surface area contributed by atoms with Crippen LogP contribution in [0.1, 0.15) is 65.7 Å². The number of carbonyl (C=O) groups is 2. The molecule has 3 saturated carbocycles. The SMILES string of the molecule is CC(=O)O[C@H]1[C@H](C)C[C@H]2[C@@H]3CCC4=CC(=O)CCC4[C@H]3CC[C@@]21C. The van der Waals surface area contributed by atoms with Crippen LogP contribution in [0.5, 0.6) is 0 Å². The van der Waals surface area contributed by atoms with E-state index in [0.29, 0.717) is 23.5 Å². The van der Waals surface area contributed by atoms with Crippen LogP contribution in [0.3, 0.4) is 0 Å². The van der Waals surface area contributed by atoms with Gasteiger partial charge in [0, 0.05) is 18.8 Å². The van der Waals surface area contributed by atoms with E-state index in [-0.39, 0.29) is 17.5 Å². The molecule has 0 aromatic carbocycles. The number of allylic oxidation sites excluding steroid dienone is 1. The smallest absolute Gasteiger partial charge is 0.302 e. The Kier molecular flexibility index (Phi) is 3.89. The van der Waals surface area contributed by atoms with Gasteiger partial charge in [0.1, 0.15) is 6.10 Å². The summed E-state index contributed by atoms with van der Waals surface area (Å²) < 4.78 is 5.80. The average Bonchev–Trinajstić information content (AvgIpc) is 2.78. The normalized spacial score (nSPS) is 47.3. The zero-order chi connectivity index (χ0) is 17.1. The molecule has 0 radical (unpaired) electrons. The van der Waals surface area contributed by atoms with Crippen molar-refractivity contribution in [3.63, 3.8) is 0 Å². The molecular weight excluding hydrogens is 300 g/mol. The molecule has 24 heavy (non-hydrogen) atoms. The molecule has 3 nitrogen and oxygen atoms in total. The van der Waals surface area contributed by atoms with Gasteiger partial charge in [0.05, 0.1) is 0 Å². The summed E-state index contributed by atoms with van der Waals surface area (Å²) in [7, 11) is 0. The summed E-state index contributed by atoms with van der Waals surface area (Å²) in [5.74, 6) is 3.50. The van der Waals surface area contributed by atoms with E-state index in [9.17, 15) is 9.59 Å². The summed E-state index contributed by atoms with van der Waals surface area (Å²) in [6.45, 7) is 6.19. The molecule has 0 amide bonds. The number of ether oxygens (including phenoxy) is 1. The monoisotopic (exact) mass is 330 g/mol.